The Kier molecular flexibility index (Phi) is 68.1. The lowest BCUT2D eigenvalue weighted by atomic mass is 9.99. The topological polar surface area (TPSA) is 237 Å². The van der Waals surface area contributed by atoms with E-state index >= 15 is 0 Å². The molecule has 0 radical (unpaired) electrons. The number of aliphatic hydroxyl groups is 1. The average molecular weight is 1440 g/mol. The maximum atomic E-state index is 13.1. The highest BCUT2D eigenvalue weighted by Gasteiger charge is 2.30. The van der Waals surface area contributed by atoms with Gasteiger partial charge < -0.3 is 33.8 Å². The monoisotopic (exact) mass is 1440 g/mol. The third-order valence-corrected chi connectivity index (χ3v) is 20.6. The number of carbonyl (C=O) groups excluding carboxylic acids is 4. The van der Waals surface area contributed by atoms with Crippen LogP contribution in [0.15, 0.2) is 0 Å². The summed E-state index contributed by atoms with van der Waals surface area (Å²) in [7, 11) is -9.92. The average Bonchev–Trinajstić information content (AvgIpc) is 0.976. The van der Waals surface area contributed by atoms with E-state index in [1.807, 2.05) is 0 Å². The van der Waals surface area contributed by atoms with Crippen molar-refractivity contribution in [3.8, 4) is 0 Å². The molecule has 0 bridgehead atoms. The number of carbonyl (C=O) groups is 4. The molecule has 0 aliphatic heterocycles. The molecule has 3 unspecified atom stereocenters. The van der Waals surface area contributed by atoms with Crippen LogP contribution in [0.4, 0.5) is 0 Å². The summed E-state index contributed by atoms with van der Waals surface area (Å²) in [6.45, 7) is 12.0. The molecular weight excluding hydrogens is 1280 g/mol. The van der Waals surface area contributed by atoms with Crippen LogP contribution in [-0.2, 0) is 65.4 Å². The molecular formula is C79H154O17P2. The molecule has 0 aliphatic carbocycles. The summed E-state index contributed by atoms with van der Waals surface area (Å²) in [5.41, 5.74) is 0. The number of esters is 4. The molecule has 0 aromatic rings. The van der Waals surface area contributed by atoms with E-state index in [-0.39, 0.29) is 25.7 Å². The van der Waals surface area contributed by atoms with Gasteiger partial charge in [0, 0.05) is 25.7 Å². The summed E-state index contributed by atoms with van der Waals surface area (Å²) in [6.07, 6.45) is 56.7. The van der Waals surface area contributed by atoms with Crippen molar-refractivity contribution < 1.29 is 80.2 Å². The zero-order valence-corrected chi connectivity index (χ0v) is 66.0. The van der Waals surface area contributed by atoms with E-state index in [1.54, 1.807) is 0 Å². The fourth-order valence-corrected chi connectivity index (χ4v) is 13.7. The Bertz CT molecular complexity index is 1910. The third-order valence-electron chi connectivity index (χ3n) is 18.7. The van der Waals surface area contributed by atoms with E-state index in [2.05, 4.69) is 48.5 Å². The van der Waals surface area contributed by atoms with Gasteiger partial charge >= 0.3 is 39.5 Å². The molecule has 0 saturated heterocycles. The van der Waals surface area contributed by atoms with E-state index in [4.69, 9.17) is 37.0 Å². The van der Waals surface area contributed by atoms with Gasteiger partial charge in [-0.25, -0.2) is 9.13 Å². The number of aliphatic hydroxyl groups excluding tert-OH is 1. The summed E-state index contributed by atoms with van der Waals surface area (Å²) in [4.78, 5) is 73.0. The maximum Gasteiger partial charge on any atom is 0.472 e. The smallest absolute Gasteiger partial charge is 0.462 e. The second-order valence-electron chi connectivity index (χ2n) is 29.6. The third kappa shape index (κ3) is 71.1. The SMILES string of the molecule is CCCCCCCCCCCCCC(=O)OC[C@H](COP(=O)(O)OC[C@H](O)COP(=O)(O)OC[C@@H](COC(=O)CCCCCCCCCCCCCCCC(C)C)OC(=O)CCCCCCCCCCCCCCCCC(C)CC)OC(=O)CCCCCCCCCCCCC(C)C. The quantitative estimate of drug-likeness (QED) is 0.0222. The van der Waals surface area contributed by atoms with Crippen LogP contribution in [0.5, 0.6) is 0 Å². The van der Waals surface area contributed by atoms with Gasteiger partial charge in [-0.3, -0.25) is 37.3 Å². The molecule has 98 heavy (non-hydrogen) atoms. The van der Waals surface area contributed by atoms with Gasteiger partial charge in [0.15, 0.2) is 12.2 Å². The van der Waals surface area contributed by atoms with Crippen molar-refractivity contribution in [3.63, 3.8) is 0 Å². The lowest BCUT2D eigenvalue weighted by molar-refractivity contribution is -0.161. The van der Waals surface area contributed by atoms with Crippen LogP contribution < -0.4 is 0 Å². The van der Waals surface area contributed by atoms with Crippen molar-refractivity contribution in [2.24, 2.45) is 17.8 Å². The minimum absolute atomic E-state index is 0.106. The highest BCUT2D eigenvalue weighted by Crippen LogP contribution is 2.45. The Morgan fingerprint density at radius 1 is 0.296 bits per heavy atom. The van der Waals surface area contributed by atoms with Crippen LogP contribution in [-0.4, -0.2) is 96.7 Å². The Hall–Kier alpha value is -1.94. The standard InChI is InChI=1S/C79H154O17P2/c1-8-10-11-12-13-14-22-32-39-46-53-60-76(81)89-66-75(96-79(84)63-56-49-42-35-28-27-30-37-44-51-58-71(5)6)69-94-98(87,88)92-65-73(80)64-91-97(85,86)93-68-74(67-90-77(82)61-54-47-40-33-25-21-17-18-23-29-36-43-50-57-70(3)4)95-78(83)62-55-48-41-34-26-20-16-15-19-24-31-38-45-52-59-72(7)9-2/h70-75,80H,8-69H2,1-7H3,(H,85,86)(H,87,88)/t72?,73-,74-,75-/m1/s1. The van der Waals surface area contributed by atoms with Gasteiger partial charge in [-0.2, -0.15) is 0 Å². The molecule has 17 nitrogen and oxygen atoms in total. The first-order valence-electron chi connectivity index (χ1n) is 40.9. The van der Waals surface area contributed by atoms with Crippen molar-refractivity contribution in [1.82, 2.24) is 0 Å². The summed E-state index contributed by atoms with van der Waals surface area (Å²) >= 11 is 0. The predicted molar refractivity (Wildman–Crippen MR) is 400 cm³/mol. The summed E-state index contributed by atoms with van der Waals surface area (Å²) in [5, 5.41) is 10.6. The van der Waals surface area contributed by atoms with E-state index in [0.29, 0.717) is 25.7 Å². The fourth-order valence-electron chi connectivity index (χ4n) is 12.1. The normalized spacial score (nSPS) is 14.3. The van der Waals surface area contributed by atoms with E-state index in [1.165, 1.54) is 218 Å². The Morgan fingerprint density at radius 2 is 0.520 bits per heavy atom. The summed E-state index contributed by atoms with van der Waals surface area (Å²) < 4.78 is 68.7. The van der Waals surface area contributed by atoms with E-state index < -0.39 is 97.5 Å². The molecule has 0 amide bonds. The van der Waals surface area contributed by atoms with Crippen molar-refractivity contribution in [1.29, 1.82) is 0 Å². The molecule has 0 aromatic heterocycles. The second kappa shape index (κ2) is 69.4. The van der Waals surface area contributed by atoms with Crippen LogP contribution in [0.2, 0.25) is 0 Å². The molecule has 0 aromatic carbocycles. The molecule has 0 rings (SSSR count). The molecule has 0 saturated carbocycles. The summed E-state index contributed by atoms with van der Waals surface area (Å²) in [5.74, 6) is 0.277. The van der Waals surface area contributed by atoms with Crippen molar-refractivity contribution >= 4 is 39.5 Å². The minimum atomic E-state index is -4.96. The number of hydrogen-bond acceptors (Lipinski definition) is 15. The molecule has 0 heterocycles. The number of hydrogen-bond donors (Lipinski definition) is 3. The predicted octanol–water partition coefficient (Wildman–Crippen LogP) is 23.4. The molecule has 0 aliphatic rings. The van der Waals surface area contributed by atoms with Crippen molar-refractivity contribution in [2.45, 2.75) is 426 Å². The van der Waals surface area contributed by atoms with Crippen LogP contribution in [0, 0.1) is 17.8 Å². The number of rotatable bonds is 77. The first-order valence-corrected chi connectivity index (χ1v) is 43.9. The van der Waals surface area contributed by atoms with Gasteiger partial charge in [-0.15, -0.1) is 0 Å². The minimum Gasteiger partial charge on any atom is -0.462 e. The van der Waals surface area contributed by atoms with Gasteiger partial charge in [-0.1, -0.05) is 357 Å². The van der Waals surface area contributed by atoms with Gasteiger partial charge in [0.05, 0.1) is 26.4 Å². The molecule has 582 valence electrons. The van der Waals surface area contributed by atoms with Gasteiger partial charge in [-0.05, 0) is 43.4 Å². The molecule has 0 fully saturated rings. The Balaban J connectivity index is 5.26. The van der Waals surface area contributed by atoms with Gasteiger partial charge in [0.25, 0.3) is 0 Å². The first-order chi connectivity index (χ1) is 47.3. The van der Waals surface area contributed by atoms with Crippen LogP contribution >= 0.6 is 15.6 Å². The first kappa shape index (κ1) is 96.1. The number of unbranched alkanes of at least 4 members (excludes halogenated alkanes) is 44. The largest absolute Gasteiger partial charge is 0.472 e. The number of ether oxygens (including phenoxy) is 4. The lowest BCUT2D eigenvalue weighted by Crippen LogP contribution is -2.30. The van der Waals surface area contributed by atoms with Crippen molar-refractivity contribution in [2.75, 3.05) is 39.6 Å². The van der Waals surface area contributed by atoms with Gasteiger partial charge in [0.1, 0.15) is 19.3 Å². The highest BCUT2D eigenvalue weighted by molar-refractivity contribution is 7.47. The lowest BCUT2D eigenvalue weighted by Gasteiger charge is -2.21. The summed E-state index contributed by atoms with van der Waals surface area (Å²) in [6, 6.07) is 0. The Morgan fingerprint density at radius 3 is 0.776 bits per heavy atom. The number of phosphoric acid groups is 2. The second-order valence-corrected chi connectivity index (χ2v) is 32.6. The maximum absolute atomic E-state index is 13.1. The van der Waals surface area contributed by atoms with E-state index in [9.17, 15) is 43.2 Å². The van der Waals surface area contributed by atoms with Gasteiger partial charge in [0.2, 0.25) is 0 Å². The van der Waals surface area contributed by atoms with Crippen LogP contribution in [0.1, 0.15) is 408 Å². The number of phosphoric ester groups is 2. The molecule has 19 heteroatoms. The van der Waals surface area contributed by atoms with Crippen LogP contribution in [0.3, 0.4) is 0 Å². The molecule has 3 N–H and O–H groups in total. The zero-order valence-electron chi connectivity index (χ0n) is 64.3. The molecule has 6 atom stereocenters. The van der Waals surface area contributed by atoms with E-state index in [0.717, 1.165) is 108 Å². The zero-order chi connectivity index (χ0) is 72.3. The fraction of sp³-hybridized carbons (Fsp3) is 0.949. The van der Waals surface area contributed by atoms with Crippen molar-refractivity contribution in [3.05, 3.63) is 0 Å². The van der Waals surface area contributed by atoms with Crippen LogP contribution in [0.25, 0.3) is 0 Å². The molecule has 0 spiro atoms. The Labute approximate surface area is 600 Å². The highest BCUT2D eigenvalue weighted by atomic mass is 31.2.